The van der Waals surface area contributed by atoms with Crippen LogP contribution in [0.15, 0.2) is 9.66 Å². The van der Waals surface area contributed by atoms with Crippen LogP contribution in [0.4, 0.5) is 0 Å². The largest absolute Gasteiger partial charge is 0.414 e. The molecule has 0 fully saturated rings. The van der Waals surface area contributed by atoms with E-state index >= 15 is 0 Å². The molecule has 0 N–H and O–H groups in total. The van der Waals surface area contributed by atoms with Crippen molar-refractivity contribution in [2.45, 2.75) is 72.2 Å². The van der Waals surface area contributed by atoms with Gasteiger partial charge >= 0.3 is 0 Å². The molecule has 0 aromatic rings. The summed E-state index contributed by atoms with van der Waals surface area (Å²) in [6.45, 7) is 18.2. The zero-order valence-electron chi connectivity index (χ0n) is 12.7. The molecule has 17 heavy (non-hydrogen) atoms. The predicted octanol–water partition coefficient (Wildman–Crippen LogP) is 5.76. The summed E-state index contributed by atoms with van der Waals surface area (Å²) >= 11 is 2.37. The lowest BCUT2D eigenvalue weighted by Gasteiger charge is -2.38. The van der Waals surface area contributed by atoms with E-state index in [1.54, 1.807) is 0 Å². The standard InChI is InChI=1S/C14H29IOSi/c1-11(9-12(2)15)10-13(3)16-17(7,8)14(4,5)6/h9,11,13H,10H2,1-8H3/b12-9-/t11-,13?/m0/s1. The molecular formula is C14H29IOSi. The fourth-order valence-electron chi connectivity index (χ4n) is 1.71. The first-order valence-electron chi connectivity index (χ1n) is 6.47. The minimum atomic E-state index is -1.60. The van der Waals surface area contributed by atoms with Gasteiger partial charge in [-0.1, -0.05) is 33.8 Å². The molecule has 102 valence electrons. The third kappa shape index (κ3) is 6.96. The normalized spacial score (nSPS) is 18.1. The molecule has 0 saturated carbocycles. The molecule has 0 saturated heterocycles. The number of hydrogen-bond acceptors (Lipinski definition) is 1. The molecule has 0 rings (SSSR count). The number of rotatable bonds is 5. The van der Waals surface area contributed by atoms with Crippen molar-refractivity contribution in [2.75, 3.05) is 0 Å². The van der Waals surface area contributed by atoms with Gasteiger partial charge in [0.15, 0.2) is 8.32 Å². The zero-order valence-corrected chi connectivity index (χ0v) is 15.9. The second-order valence-electron chi connectivity index (χ2n) is 6.66. The average molecular weight is 368 g/mol. The van der Waals surface area contributed by atoms with Gasteiger partial charge in [0.05, 0.1) is 0 Å². The van der Waals surface area contributed by atoms with Gasteiger partial charge in [-0.15, -0.1) is 0 Å². The number of halogens is 1. The molecule has 0 bridgehead atoms. The highest BCUT2D eigenvalue weighted by atomic mass is 127. The molecule has 2 atom stereocenters. The Morgan fingerprint density at radius 1 is 1.29 bits per heavy atom. The summed E-state index contributed by atoms with van der Waals surface area (Å²) in [5.74, 6) is 0.603. The maximum absolute atomic E-state index is 6.36. The van der Waals surface area contributed by atoms with Crippen molar-refractivity contribution in [3.8, 4) is 0 Å². The van der Waals surface area contributed by atoms with E-state index in [1.807, 2.05) is 0 Å². The topological polar surface area (TPSA) is 9.23 Å². The predicted molar refractivity (Wildman–Crippen MR) is 89.3 cm³/mol. The summed E-state index contributed by atoms with van der Waals surface area (Å²) in [5, 5.41) is 0.305. The fourth-order valence-corrected chi connectivity index (χ4v) is 3.78. The van der Waals surface area contributed by atoms with Crippen LogP contribution < -0.4 is 0 Å². The lowest BCUT2D eigenvalue weighted by atomic mass is 10.0. The highest BCUT2D eigenvalue weighted by Gasteiger charge is 2.38. The van der Waals surface area contributed by atoms with Crippen LogP contribution in [-0.2, 0) is 4.43 Å². The van der Waals surface area contributed by atoms with E-state index < -0.39 is 8.32 Å². The molecule has 0 radical (unpaired) electrons. The number of allylic oxidation sites excluding steroid dienone is 2. The molecular weight excluding hydrogens is 339 g/mol. The van der Waals surface area contributed by atoms with Gasteiger partial charge in [-0.3, -0.25) is 0 Å². The van der Waals surface area contributed by atoms with Crippen LogP contribution in [0.1, 0.15) is 48.0 Å². The summed E-state index contributed by atoms with van der Waals surface area (Å²) < 4.78 is 7.73. The maximum atomic E-state index is 6.36. The van der Waals surface area contributed by atoms with E-state index in [0.29, 0.717) is 17.1 Å². The molecule has 0 aliphatic carbocycles. The Balaban J connectivity index is 4.37. The van der Waals surface area contributed by atoms with Gasteiger partial charge in [0.2, 0.25) is 0 Å². The highest BCUT2D eigenvalue weighted by molar-refractivity contribution is 14.1. The Bertz CT molecular complexity index is 262. The summed E-state index contributed by atoms with van der Waals surface area (Å²) in [4.78, 5) is 0. The molecule has 3 heteroatoms. The van der Waals surface area contributed by atoms with Gasteiger partial charge in [0.1, 0.15) is 0 Å². The summed E-state index contributed by atoms with van der Waals surface area (Å²) in [6, 6.07) is 0. The van der Waals surface area contributed by atoms with Crippen molar-refractivity contribution >= 4 is 30.9 Å². The van der Waals surface area contributed by atoms with Crippen molar-refractivity contribution in [2.24, 2.45) is 5.92 Å². The van der Waals surface area contributed by atoms with Crippen LogP contribution in [0, 0.1) is 5.92 Å². The molecule has 0 aliphatic heterocycles. The molecule has 0 aliphatic rings. The summed E-state index contributed by atoms with van der Waals surface area (Å²) in [6.07, 6.45) is 3.80. The zero-order chi connectivity index (χ0) is 13.9. The van der Waals surface area contributed by atoms with Crippen molar-refractivity contribution in [3.05, 3.63) is 9.66 Å². The van der Waals surface area contributed by atoms with Gasteiger partial charge in [-0.05, 0) is 70.5 Å². The minimum absolute atomic E-state index is 0.305. The van der Waals surface area contributed by atoms with Crippen molar-refractivity contribution in [3.63, 3.8) is 0 Å². The first-order chi connectivity index (χ1) is 7.45. The third-order valence-electron chi connectivity index (χ3n) is 3.52. The van der Waals surface area contributed by atoms with Crippen molar-refractivity contribution < 1.29 is 4.43 Å². The van der Waals surface area contributed by atoms with Crippen LogP contribution in [0.25, 0.3) is 0 Å². The first kappa shape index (κ1) is 17.6. The Hall–Kier alpha value is 0.647. The molecule has 1 unspecified atom stereocenters. The lowest BCUT2D eigenvalue weighted by Crippen LogP contribution is -2.43. The van der Waals surface area contributed by atoms with Crippen LogP contribution in [0.2, 0.25) is 18.1 Å². The Kier molecular flexibility index (Phi) is 6.96. The first-order valence-corrected chi connectivity index (χ1v) is 10.5. The number of hydrogen-bond donors (Lipinski definition) is 0. The van der Waals surface area contributed by atoms with E-state index in [0.717, 1.165) is 6.42 Å². The second kappa shape index (κ2) is 6.71. The third-order valence-corrected chi connectivity index (χ3v) is 8.48. The van der Waals surface area contributed by atoms with Crippen molar-refractivity contribution in [1.82, 2.24) is 0 Å². The van der Waals surface area contributed by atoms with Crippen LogP contribution in [0.5, 0.6) is 0 Å². The maximum Gasteiger partial charge on any atom is 0.192 e. The van der Waals surface area contributed by atoms with Crippen molar-refractivity contribution in [1.29, 1.82) is 0 Å². The summed E-state index contributed by atoms with van der Waals surface area (Å²) in [5.41, 5.74) is 0. The molecule has 0 aromatic carbocycles. The Morgan fingerprint density at radius 2 is 1.76 bits per heavy atom. The van der Waals surface area contributed by atoms with Crippen LogP contribution in [0.3, 0.4) is 0 Å². The van der Waals surface area contributed by atoms with Gasteiger partial charge in [0.25, 0.3) is 0 Å². The average Bonchev–Trinajstić information content (AvgIpc) is 1.96. The van der Waals surface area contributed by atoms with Gasteiger partial charge < -0.3 is 4.43 Å². The van der Waals surface area contributed by atoms with Gasteiger partial charge in [-0.2, -0.15) is 0 Å². The van der Waals surface area contributed by atoms with E-state index in [2.05, 4.69) is 83.3 Å². The highest BCUT2D eigenvalue weighted by Crippen LogP contribution is 2.37. The van der Waals surface area contributed by atoms with Gasteiger partial charge in [0, 0.05) is 6.10 Å². The monoisotopic (exact) mass is 368 g/mol. The lowest BCUT2D eigenvalue weighted by molar-refractivity contribution is 0.178. The minimum Gasteiger partial charge on any atom is -0.414 e. The summed E-state index contributed by atoms with van der Waals surface area (Å²) in [7, 11) is -1.60. The molecule has 0 heterocycles. The van der Waals surface area contributed by atoms with E-state index in [4.69, 9.17) is 4.43 Å². The quantitative estimate of drug-likeness (QED) is 0.443. The van der Waals surface area contributed by atoms with E-state index in [-0.39, 0.29) is 0 Å². The Morgan fingerprint density at radius 3 is 2.12 bits per heavy atom. The Labute approximate surface area is 123 Å². The smallest absolute Gasteiger partial charge is 0.192 e. The van der Waals surface area contributed by atoms with E-state index in [9.17, 15) is 0 Å². The van der Waals surface area contributed by atoms with Crippen LogP contribution >= 0.6 is 22.6 Å². The molecule has 0 aromatic heterocycles. The van der Waals surface area contributed by atoms with E-state index in [1.165, 1.54) is 3.58 Å². The molecule has 0 amide bonds. The molecule has 0 spiro atoms. The SMILES string of the molecule is C/C(I)=C/[C@H](C)CC(C)O[Si](C)(C)C(C)(C)C. The second-order valence-corrected chi connectivity index (χ2v) is 13.1. The van der Waals surface area contributed by atoms with Crippen LogP contribution in [-0.4, -0.2) is 14.4 Å². The molecule has 1 nitrogen and oxygen atoms in total. The van der Waals surface area contributed by atoms with Gasteiger partial charge in [-0.25, -0.2) is 0 Å². The fraction of sp³-hybridized carbons (Fsp3) is 0.857.